The molecule has 0 saturated heterocycles. The fraction of sp³-hybridized carbons (Fsp3) is 0.308. The largest absolute Gasteiger partial charge is 0.370 e. The smallest absolute Gasteiger partial charge is 0.348 e. The van der Waals surface area contributed by atoms with Crippen LogP contribution in [0.15, 0.2) is 35.5 Å². The molecule has 110 valence electrons. The number of pyridine rings is 1. The molecule has 21 heavy (non-hydrogen) atoms. The quantitative estimate of drug-likeness (QED) is 0.637. The zero-order valence-electron chi connectivity index (χ0n) is 11.5. The second kappa shape index (κ2) is 6.60. The number of nitrogens with zero attached hydrogens (tertiary/aromatic N) is 4. The van der Waals surface area contributed by atoms with Crippen molar-refractivity contribution in [3.63, 3.8) is 0 Å². The molecule has 0 atom stereocenters. The lowest BCUT2D eigenvalue weighted by Crippen LogP contribution is -2.23. The molecular weight excluding hydrogens is 274 g/mol. The maximum Gasteiger partial charge on any atom is 0.348 e. The maximum absolute atomic E-state index is 11.7. The van der Waals surface area contributed by atoms with Gasteiger partial charge in [-0.25, -0.2) is 9.78 Å². The van der Waals surface area contributed by atoms with Gasteiger partial charge < -0.3 is 5.32 Å². The molecule has 1 N–H and O–H groups in total. The maximum atomic E-state index is 11.7. The van der Waals surface area contributed by atoms with Crippen molar-refractivity contribution < 1.29 is 4.92 Å². The van der Waals surface area contributed by atoms with E-state index < -0.39 is 10.6 Å². The minimum atomic E-state index is -0.581. The number of rotatable bonds is 6. The number of anilines is 1. The molecule has 0 spiro atoms. The van der Waals surface area contributed by atoms with Gasteiger partial charge in [-0.1, -0.05) is 13.0 Å². The van der Waals surface area contributed by atoms with Crippen molar-refractivity contribution in [2.75, 3.05) is 11.9 Å². The van der Waals surface area contributed by atoms with Crippen LogP contribution < -0.4 is 11.0 Å². The van der Waals surface area contributed by atoms with Crippen molar-refractivity contribution in [3.05, 3.63) is 56.9 Å². The van der Waals surface area contributed by atoms with E-state index in [9.17, 15) is 14.9 Å². The molecule has 0 unspecified atom stereocenters. The molecule has 2 aromatic rings. The van der Waals surface area contributed by atoms with Crippen molar-refractivity contribution in [1.82, 2.24) is 14.5 Å². The first-order chi connectivity index (χ1) is 10.1. The third-order valence-corrected chi connectivity index (χ3v) is 2.83. The van der Waals surface area contributed by atoms with Crippen molar-refractivity contribution in [2.45, 2.75) is 19.9 Å². The molecule has 0 aliphatic carbocycles. The zero-order chi connectivity index (χ0) is 15.2. The Balaban J connectivity index is 2.32. The Morgan fingerprint density at radius 2 is 2.24 bits per heavy atom. The Kier molecular flexibility index (Phi) is 4.60. The van der Waals surface area contributed by atoms with Crippen molar-refractivity contribution in [1.29, 1.82) is 0 Å². The van der Waals surface area contributed by atoms with Crippen LogP contribution in [0.2, 0.25) is 0 Å². The molecule has 8 nitrogen and oxygen atoms in total. The predicted octanol–water partition coefficient (Wildman–Crippen LogP) is 1.42. The molecule has 8 heteroatoms. The molecule has 2 heterocycles. The Morgan fingerprint density at radius 1 is 1.43 bits per heavy atom. The molecule has 2 rings (SSSR count). The summed E-state index contributed by atoms with van der Waals surface area (Å²) >= 11 is 0. The topological polar surface area (TPSA) is 103 Å². The lowest BCUT2D eigenvalue weighted by molar-refractivity contribution is -0.385. The van der Waals surface area contributed by atoms with Crippen LogP contribution in [0, 0.1) is 10.1 Å². The number of hydrogen-bond acceptors (Lipinski definition) is 6. The van der Waals surface area contributed by atoms with Crippen LogP contribution >= 0.6 is 0 Å². The summed E-state index contributed by atoms with van der Waals surface area (Å²) in [4.78, 5) is 29.6. The van der Waals surface area contributed by atoms with Crippen LogP contribution in [0.1, 0.15) is 18.9 Å². The molecule has 0 radical (unpaired) electrons. The fourth-order valence-electron chi connectivity index (χ4n) is 1.80. The summed E-state index contributed by atoms with van der Waals surface area (Å²) in [6.45, 7) is 2.96. The summed E-state index contributed by atoms with van der Waals surface area (Å²) in [7, 11) is 0. The Bertz CT molecular complexity index is 698. The highest BCUT2D eigenvalue weighted by molar-refractivity contribution is 5.43. The van der Waals surface area contributed by atoms with Crippen LogP contribution in [0.25, 0.3) is 0 Å². The predicted molar refractivity (Wildman–Crippen MR) is 77.3 cm³/mol. The van der Waals surface area contributed by atoms with Gasteiger partial charge in [0.1, 0.15) is 12.0 Å². The SMILES string of the molecule is CCCNc1ncccc1Cn1cc([N+](=O)[O-])cnc1=O. The third kappa shape index (κ3) is 3.62. The van der Waals surface area contributed by atoms with Crippen LogP contribution in [0.3, 0.4) is 0 Å². The second-order valence-corrected chi connectivity index (χ2v) is 4.42. The van der Waals surface area contributed by atoms with Gasteiger partial charge in [-0.05, 0) is 12.5 Å². The Hall–Kier alpha value is -2.77. The summed E-state index contributed by atoms with van der Waals surface area (Å²) in [5, 5.41) is 13.9. The highest BCUT2D eigenvalue weighted by Gasteiger charge is 2.11. The van der Waals surface area contributed by atoms with Gasteiger partial charge in [-0.2, -0.15) is 4.98 Å². The normalized spacial score (nSPS) is 10.3. The molecule has 0 fully saturated rings. The first kappa shape index (κ1) is 14.6. The van der Waals surface area contributed by atoms with Gasteiger partial charge in [0.05, 0.1) is 17.7 Å². The standard InChI is InChI=1S/C13H15N5O3/c1-2-5-14-12-10(4-3-6-15-12)8-17-9-11(18(20)21)7-16-13(17)19/h3-4,6-7,9H,2,5,8H2,1H3,(H,14,15). The average molecular weight is 289 g/mol. The van der Waals surface area contributed by atoms with Gasteiger partial charge in [-0.15, -0.1) is 0 Å². The lowest BCUT2D eigenvalue weighted by atomic mass is 10.2. The Morgan fingerprint density at radius 3 is 2.95 bits per heavy atom. The highest BCUT2D eigenvalue weighted by atomic mass is 16.6. The van der Waals surface area contributed by atoms with Gasteiger partial charge in [0.2, 0.25) is 0 Å². The van der Waals surface area contributed by atoms with E-state index in [-0.39, 0.29) is 12.2 Å². The summed E-state index contributed by atoms with van der Waals surface area (Å²) < 4.78 is 1.20. The third-order valence-electron chi connectivity index (χ3n) is 2.83. The average Bonchev–Trinajstić information content (AvgIpc) is 2.48. The van der Waals surface area contributed by atoms with Gasteiger partial charge in [0.25, 0.3) is 0 Å². The number of nitrogens with one attached hydrogen (secondary N) is 1. The molecule has 0 aliphatic rings. The zero-order valence-corrected chi connectivity index (χ0v) is 11.5. The molecular formula is C13H15N5O3. The van der Waals surface area contributed by atoms with Gasteiger partial charge >= 0.3 is 11.4 Å². The van der Waals surface area contributed by atoms with Crippen LogP contribution in [0.4, 0.5) is 11.5 Å². The van der Waals surface area contributed by atoms with Crippen LogP contribution in [-0.4, -0.2) is 26.0 Å². The highest BCUT2D eigenvalue weighted by Crippen LogP contribution is 2.13. The monoisotopic (exact) mass is 289 g/mol. The molecule has 0 aliphatic heterocycles. The summed E-state index contributed by atoms with van der Waals surface area (Å²) in [5.74, 6) is 0.665. The number of nitro groups is 1. The van der Waals surface area contributed by atoms with E-state index in [1.54, 1.807) is 12.3 Å². The van der Waals surface area contributed by atoms with E-state index in [0.29, 0.717) is 5.82 Å². The van der Waals surface area contributed by atoms with Crippen LogP contribution in [0.5, 0.6) is 0 Å². The minimum absolute atomic E-state index is 0.174. The first-order valence-electron chi connectivity index (χ1n) is 6.50. The molecule has 0 amide bonds. The summed E-state index contributed by atoms with van der Waals surface area (Å²) in [6.07, 6.45) is 4.73. The second-order valence-electron chi connectivity index (χ2n) is 4.42. The minimum Gasteiger partial charge on any atom is -0.370 e. The van der Waals surface area contributed by atoms with Crippen molar-refractivity contribution in [2.24, 2.45) is 0 Å². The van der Waals surface area contributed by atoms with E-state index in [1.807, 2.05) is 13.0 Å². The summed E-state index contributed by atoms with van der Waals surface area (Å²) in [5.41, 5.74) is 0.0165. The molecule has 2 aromatic heterocycles. The van der Waals surface area contributed by atoms with Gasteiger partial charge in [0, 0.05) is 18.3 Å². The van der Waals surface area contributed by atoms with E-state index in [4.69, 9.17) is 0 Å². The summed E-state index contributed by atoms with van der Waals surface area (Å²) in [6, 6.07) is 3.57. The van der Waals surface area contributed by atoms with Crippen LogP contribution in [-0.2, 0) is 6.54 Å². The molecule has 0 aromatic carbocycles. The van der Waals surface area contributed by atoms with Gasteiger partial charge in [-0.3, -0.25) is 14.7 Å². The number of aromatic nitrogens is 3. The number of hydrogen-bond donors (Lipinski definition) is 1. The van der Waals surface area contributed by atoms with E-state index in [1.165, 1.54) is 10.8 Å². The van der Waals surface area contributed by atoms with E-state index in [0.717, 1.165) is 24.7 Å². The van der Waals surface area contributed by atoms with Crippen molar-refractivity contribution >= 4 is 11.5 Å². The van der Waals surface area contributed by atoms with E-state index >= 15 is 0 Å². The fourth-order valence-corrected chi connectivity index (χ4v) is 1.80. The van der Waals surface area contributed by atoms with Gasteiger partial charge in [0.15, 0.2) is 0 Å². The van der Waals surface area contributed by atoms with Crippen molar-refractivity contribution in [3.8, 4) is 0 Å². The Labute approximate surface area is 120 Å². The van der Waals surface area contributed by atoms with E-state index in [2.05, 4.69) is 15.3 Å². The molecule has 0 bridgehead atoms. The molecule has 0 saturated carbocycles. The lowest BCUT2D eigenvalue weighted by Gasteiger charge is -2.11. The first-order valence-corrected chi connectivity index (χ1v) is 6.50.